The van der Waals surface area contributed by atoms with Gasteiger partial charge in [-0.25, -0.2) is 26.6 Å². The lowest BCUT2D eigenvalue weighted by molar-refractivity contribution is -0.186. The molecule has 3 aliphatic rings. The molecule has 16 heteroatoms. The van der Waals surface area contributed by atoms with E-state index >= 15 is 0 Å². The van der Waals surface area contributed by atoms with Crippen molar-refractivity contribution in [1.82, 2.24) is 15.0 Å². The summed E-state index contributed by atoms with van der Waals surface area (Å²) >= 11 is 7.62. The highest BCUT2D eigenvalue weighted by Crippen LogP contribution is 2.48. The second kappa shape index (κ2) is 12.7. The van der Waals surface area contributed by atoms with E-state index in [9.17, 15) is 37.3 Å². The number of hydrogen-bond donors (Lipinski definition) is 3. The summed E-state index contributed by atoms with van der Waals surface area (Å²) in [7, 11) is 1.33. The number of thioether (sulfide) groups is 1. The number of alkyl halides is 3. The minimum atomic E-state index is -2.93. The summed E-state index contributed by atoms with van der Waals surface area (Å²) in [5, 5.41) is 39.3. The quantitative estimate of drug-likeness (QED) is 0.222. The Morgan fingerprint density at radius 1 is 1.19 bits per heavy atom. The molecule has 0 amide bonds. The fourth-order valence-corrected chi connectivity index (χ4v) is 7.77. The van der Waals surface area contributed by atoms with Crippen molar-refractivity contribution in [2.24, 2.45) is 4.99 Å². The number of halogens is 6. The average molecular weight is 653 g/mol. The Bertz CT molecular complexity index is 1350. The summed E-state index contributed by atoms with van der Waals surface area (Å²) in [4.78, 5) is 4.40. The Morgan fingerprint density at radius 2 is 1.86 bits per heavy atom. The third-order valence-electron chi connectivity index (χ3n) is 8.06. The molecule has 0 spiro atoms. The zero-order valence-electron chi connectivity index (χ0n) is 22.8. The summed E-state index contributed by atoms with van der Waals surface area (Å²) in [6.45, 7) is -0.635. The first-order valence-electron chi connectivity index (χ1n) is 13.5. The van der Waals surface area contributed by atoms with Crippen molar-refractivity contribution in [3.63, 3.8) is 0 Å². The molecule has 5 rings (SSSR count). The molecule has 0 radical (unpaired) electrons. The van der Waals surface area contributed by atoms with Crippen molar-refractivity contribution < 1.29 is 46.7 Å². The van der Waals surface area contributed by atoms with Crippen LogP contribution in [0.5, 0.6) is 0 Å². The average Bonchev–Trinajstić information content (AvgIpc) is 3.46. The van der Waals surface area contributed by atoms with E-state index in [1.807, 2.05) is 0 Å². The molecule has 236 valence electrons. The molecule has 2 fully saturated rings. The lowest BCUT2D eigenvalue weighted by Crippen LogP contribution is -2.58. The third-order valence-corrected chi connectivity index (χ3v) is 10.1. The van der Waals surface area contributed by atoms with Crippen molar-refractivity contribution >= 4 is 29.1 Å². The Morgan fingerprint density at radius 3 is 2.47 bits per heavy atom. The van der Waals surface area contributed by atoms with E-state index in [0.717, 1.165) is 23.9 Å². The smallest absolute Gasteiger partial charge is 0.248 e. The van der Waals surface area contributed by atoms with Gasteiger partial charge in [-0.2, -0.15) is 0 Å². The van der Waals surface area contributed by atoms with E-state index in [4.69, 9.17) is 21.1 Å². The van der Waals surface area contributed by atoms with Gasteiger partial charge in [0.1, 0.15) is 35.5 Å². The zero-order chi connectivity index (χ0) is 31.1. The Hall–Kier alpha value is -2.14. The maximum Gasteiger partial charge on any atom is 0.248 e. The fraction of sp³-hybridized carbons (Fsp3) is 0.593. The van der Waals surface area contributed by atoms with Gasteiger partial charge in [-0.15, -0.1) is 28.5 Å². The summed E-state index contributed by atoms with van der Waals surface area (Å²) in [5.74, 6) is -7.42. The number of allylic oxidation sites excluding steroid dienone is 1. The summed E-state index contributed by atoms with van der Waals surface area (Å²) in [6.07, 6.45) is -0.257. The van der Waals surface area contributed by atoms with Crippen molar-refractivity contribution in [3.05, 3.63) is 48.1 Å². The first-order chi connectivity index (χ1) is 20.4. The van der Waals surface area contributed by atoms with Gasteiger partial charge in [0.15, 0.2) is 17.5 Å². The van der Waals surface area contributed by atoms with Crippen LogP contribution in [0.4, 0.5) is 22.0 Å². The lowest BCUT2D eigenvalue weighted by Gasteiger charge is -2.47. The molecule has 3 N–H and O–H groups in total. The first kappa shape index (κ1) is 32.3. The monoisotopic (exact) mass is 652 g/mol. The van der Waals surface area contributed by atoms with Gasteiger partial charge < -0.3 is 24.8 Å². The molecule has 9 nitrogen and oxygen atoms in total. The highest BCUT2D eigenvalue weighted by Gasteiger charge is 2.54. The largest absolute Gasteiger partial charge is 0.394 e. The predicted molar refractivity (Wildman–Crippen MR) is 147 cm³/mol. The second-order valence-electron chi connectivity index (χ2n) is 10.9. The van der Waals surface area contributed by atoms with Crippen LogP contribution in [0.3, 0.4) is 0 Å². The van der Waals surface area contributed by atoms with Crippen LogP contribution in [-0.2, 0) is 9.47 Å². The van der Waals surface area contributed by atoms with Crippen LogP contribution in [0.2, 0.25) is 0 Å². The number of aliphatic imine (C=N–C) groups is 1. The number of aromatic nitrogens is 3. The second-order valence-corrected chi connectivity index (χ2v) is 12.6. The van der Waals surface area contributed by atoms with Gasteiger partial charge >= 0.3 is 0 Å². The number of nitrogens with zero attached hydrogens (tertiary/aromatic N) is 4. The molecule has 7 atom stereocenters. The van der Waals surface area contributed by atoms with Crippen LogP contribution >= 0.6 is 23.4 Å². The third kappa shape index (κ3) is 6.49. The highest BCUT2D eigenvalue weighted by atomic mass is 35.5. The van der Waals surface area contributed by atoms with Gasteiger partial charge in [0.2, 0.25) is 5.92 Å². The van der Waals surface area contributed by atoms with Crippen LogP contribution < -0.4 is 0 Å². The molecule has 3 heterocycles. The molecule has 1 aliphatic carbocycles. The molecule has 1 aromatic carbocycles. The van der Waals surface area contributed by atoms with Gasteiger partial charge in [0.05, 0.1) is 34.7 Å². The Balaban J connectivity index is 1.49. The van der Waals surface area contributed by atoms with Crippen LogP contribution in [0.15, 0.2) is 35.6 Å². The number of ether oxygens (including phenoxy) is 2. The summed E-state index contributed by atoms with van der Waals surface area (Å²) < 4.78 is 82.4. The fourth-order valence-electron chi connectivity index (χ4n) is 5.65. The van der Waals surface area contributed by atoms with Crippen LogP contribution in [0, 0.1) is 17.5 Å². The highest BCUT2D eigenvalue weighted by molar-refractivity contribution is 8.01. The number of aliphatic hydroxyl groups is 3. The number of aliphatic hydroxyl groups excluding tert-OH is 2. The first-order valence-corrected chi connectivity index (χ1v) is 14.9. The molecule has 2 aromatic rings. The van der Waals surface area contributed by atoms with Crippen molar-refractivity contribution in [2.75, 3.05) is 13.7 Å². The Kier molecular flexibility index (Phi) is 9.52. The summed E-state index contributed by atoms with van der Waals surface area (Å²) in [5.41, 5.74) is -2.46. The lowest BCUT2D eigenvalue weighted by atomic mass is 9.78. The molecular formula is C27H30ClF5N4O5S. The van der Waals surface area contributed by atoms with E-state index in [0.29, 0.717) is 12.1 Å². The van der Waals surface area contributed by atoms with E-state index in [-0.39, 0.29) is 24.1 Å². The molecule has 43 heavy (non-hydrogen) atoms. The normalized spacial score (nSPS) is 31.1. The van der Waals surface area contributed by atoms with Crippen molar-refractivity contribution in [2.45, 2.75) is 84.0 Å². The van der Waals surface area contributed by atoms with Crippen molar-refractivity contribution in [3.8, 4) is 11.3 Å². The molecule has 1 aromatic heterocycles. The molecule has 1 unspecified atom stereocenters. The molecule has 2 aliphatic heterocycles. The minimum Gasteiger partial charge on any atom is -0.394 e. The zero-order valence-corrected chi connectivity index (χ0v) is 24.4. The van der Waals surface area contributed by atoms with E-state index in [1.54, 1.807) is 6.08 Å². The van der Waals surface area contributed by atoms with Gasteiger partial charge in [-0.05, 0) is 31.4 Å². The predicted octanol–water partition coefficient (Wildman–Crippen LogP) is 4.00. The number of hydrogen-bond acceptors (Lipinski definition) is 9. The molecular weight excluding hydrogens is 623 g/mol. The number of methoxy groups -OCH3 is 1. The van der Waals surface area contributed by atoms with Gasteiger partial charge in [-0.1, -0.05) is 11.3 Å². The van der Waals surface area contributed by atoms with E-state index in [2.05, 4.69) is 15.3 Å². The van der Waals surface area contributed by atoms with Gasteiger partial charge in [-0.3, -0.25) is 4.99 Å². The van der Waals surface area contributed by atoms with Crippen molar-refractivity contribution in [1.29, 1.82) is 0 Å². The molecule has 0 bridgehead atoms. The summed E-state index contributed by atoms with van der Waals surface area (Å²) in [6, 6.07) is 0.407. The maximum atomic E-state index is 14.1. The minimum absolute atomic E-state index is 0.0419. The van der Waals surface area contributed by atoms with E-state index < -0.39 is 88.8 Å². The Labute approximate surface area is 252 Å². The maximum absolute atomic E-state index is 14.1. The van der Waals surface area contributed by atoms with Gasteiger partial charge in [0, 0.05) is 31.7 Å². The van der Waals surface area contributed by atoms with Crippen LogP contribution in [0.1, 0.15) is 38.1 Å². The van der Waals surface area contributed by atoms with E-state index in [1.165, 1.54) is 24.2 Å². The van der Waals surface area contributed by atoms with Crippen LogP contribution in [0.25, 0.3) is 11.3 Å². The van der Waals surface area contributed by atoms with Crippen LogP contribution in [-0.4, -0.2) is 95.6 Å². The SMILES string of the molecule is CO[C@@H]1[C@@H](n2cc(-c3cc(F)c(F)c(F)c3)nn2)[C@@H](O)[C@@H](CO)O[C@H]1S[C@H](C1=NC=CCC1Cl)C1(O)CCC(F)(F)CC1. The molecule has 1 saturated heterocycles. The van der Waals surface area contributed by atoms with Gasteiger partial charge in [0.25, 0.3) is 0 Å². The topological polar surface area (TPSA) is 122 Å². The standard InChI is InChI=1S/C27H30ClF5N4O5S/c1-41-23-21(37-11-17(35-36-37)13-9-15(29)19(31)16(30)10-13)22(39)18(12-38)42-25(23)43-24(20-14(28)3-2-8-34-20)26(40)4-6-27(32,33)7-5-26/h2,8-11,14,18,21-25,38-40H,3-7,12H2,1H3/t14?,18-,21+,22+,23-,24-,25+/m1/s1. The number of rotatable bonds is 8. The molecule has 1 saturated carbocycles. The number of benzene rings is 1.